The highest BCUT2D eigenvalue weighted by atomic mass is 19.4. The highest BCUT2D eigenvalue weighted by Crippen LogP contribution is 2.33. The first-order valence-corrected chi connectivity index (χ1v) is 9.63. The number of halogens is 3. The fourth-order valence-electron chi connectivity index (χ4n) is 4.06. The molecule has 0 bridgehead atoms. The molecule has 3 heterocycles. The molecule has 5 nitrogen and oxygen atoms in total. The molecular formula is C19H24F3N3O2. The van der Waals surface area contributed by atoms with Gasteiger partial charge in [0.1, 0.15) is 5.69 Å². The Hall–Kier alpha value is -1.83. The number of pyridine rings is 1. The molecule has 1 aromatic rings. The molecule has 8 heteroatoms. The number of hydrogen-bond acceptors (Lipinski definition) is 4. The van der Waals surface area contributed by atoms with E-state index in [0.717, 1.165) is 57.8 Å². The van der Waals surface area contributed by atoms with Crippen LogP contribution in [0.3, 0.4) is 0 Å². The molecule has 27 heavy (non-hydrogen) atoms. The lowest BCUT2D eigenvalue weighted by molar-refractivity contribution is -0.141. The largest absolute Gasteiger partial charge is 0.477 e. The lowest BCUT2D eigenvalue weighted by atomic mass is 9.96. The van der Waals surface area contributed by atoms with Crippen LogP contribution in [0.4, 0.5) is 13.2 Å². The Morgan fingerprint density at radius 1 is 1.07 bits per heavy atom. The van der Waals surface area contributed by atoms with Crippen molar-refractivity contribution in [1.82, 2.24) is 14.8 Å². The summed E-state index contributed by atoms with van der Waals surface area (Å²) in [6, 6.07) is 4.19. The van der Waals surface area contributed by atoms with E-state index in [1.165, 1.54) is 12.1 Å². The number of carbonyl (C=O) groups is 1. The fraction of sp³-hybridized carbons (Fsp3) is 0.684. The van der Waals surface area contributed by atoms with Crippen molar-refractivity contribution in [3.8, 4) is 5.88 Å². The monoisotopic (exact) mass is 383 g/mol. The van der Waals surface area contributed by atoms with Gasteiger partial charge in [-0.05, 0) is 57.2 Å². The topological polar surface area (TPSA) is 45.7 Å². The summed E-state index contributed by atoms with van der Waals surface area (Å²) < 4.78 is 43.7. The molecule has 1 atom stereocenters. The lowest BCUT2D eigenvalue weighted by Gasteiger charge is -2.35. The minimum absolute atomic E-state index is 0.0117. The maximum absolute atomic E-state index is 12.7. The average molecular weight is 383 g/mol. The fourth-order valence-corrected chi connectivity index (χ4v) is 4.06. The molecule has 148 valence electrons. The number of hydrogen-bond donors (Lipinski definition) is 0. The zero-order chi connectivity index (χ0) is 19.0. The van der Waals surface area contributed by atoms with Crippen LogP contribution < -0.4 is 4.74 Å². The van der Waals surface area contributed by atoms with Crippen LogP contribution in [0.5, 0.6) is 5.88 Å². The molecule has 3 fully saturated rings. The number of nitrogens with zero attached hydrogens (tertiary/aromatic N) is 3. The number of alkyl halides is 3. The molecule has 2 aliphatic heterocycles. The number of ether oxygens (including phenoxy) is 1. The summed E-state index contributed by atoms with van der Waals surface area (Å²) in [5, 5.41) is 0. The van der Waals surface area contributed by atoms with Gasteiger partial charge in [0.15, 0.2) is 0 Å². The molecule has 0 radical (unpaired) electrons. The first kappa shape index (κ1) is 18.5. The van der Waals surface area contributed by atoms with Crippen LogP contribution in [0.15, 0.2) is 18.2 Å². The highest BCUT2D eigenvalue weighted by molar-refractivity contribution is 5.84. The molecule has 3 aliphatic rings. The van der Waals surface area contributed by atoms with Crippen molar-refractivity contribution in [3.63, 3.8) is 0 Å². The van der Waals surface area contributed by atoms with Crippen LogP contribution in [-0.2, 0) is 11.0 Å². The number of likely N-dealkylation sites (tertiary alicyclic amines) is 2. The molecule has 1 aliphatic carbocycles. The Labute approximate surface area is 156 Å². The number of piperidine rings is 1. The van der Waals surface area contributed by atoms with Gasteiger partial charge in [0.05, 0.1) is 12.6 Å². The summed E-state index contributed by atoms with van der Waals surface area (Å²) in [6.07, 6.45) is 0.485. The van der Waals surface area contributed by atoms with Crippen molar-refractivity contribution in [3.05, 3.63) is 23.9 Å². The zero-order valence-corrected chi connectivity index (χ0v) is 15.1. The molecule has 0 N–H and O–H groups in total. The quantitative estimate of drug-likeness (QED) is 0.784. The molecule has 1 unspecified atom stereocenters. The van der Waals surface area contributed by atoms with Crippen LogP contribution in [0.25, 0.3) is 0 Å². The smallest absolute Gasteiger partial charge is 0.433 e. The minimum atomic E-state index is -4.47. The third kappa shape index (κ3) is 4.20. The Morgan fingerprint density at radius 2 is 1.81 bits per heavy atom. The summed E-state index contributed by atoms with van der Waals surface area (Å²) in [5.74, 6) is 0.562. The number of aromatic nitrogens is 1. The van der Waals surface area contributed by atoms with Crippen molar-refractivity contribution in [1.29, 1.82) is 0 Å². The molecular weight excluding hydrogens is 359 g/mol. The summed E-state index contributed by atoms with van der Waals surface area (Å²) in [5.41, 5.74) is -0.935. The lowest BCUT2D eigenvalue weighted by Crippen LogP contribution is -2.46. The predicted molar refractivity (Wildman–Crippen MR) is 92.2 cm³/mol. The summed E-state index contributed by atoms with van der Waals surface area (Å²) in [4.78, 5) is 20.4. The molecule has 0 spiro atoms. The van der Waals surface area contributed by atoms with Gasteiger partial charge in [0.25, 0.3) is 0 Å². The highest BCUT2D eigenvalue weighted by Gasteiger charge is 2.43. The number of rotatable bonds is 5. The number of amides is 1. The average Bonchev–Trinajstić information content (AvgIpc) is 3.42. The van der Waals surface area contributed by atoms with E-state index in [-0.39, 0.29) is 23.7 Å². The van der Waals surface area contributed by atoms with Gasteiger partial charge in [-0.15, -0.1) is 0 Å². The number of carbonyl (C=O) groups excluding carboxylic acids is 1. The zero-order valence-electron chi connectivity index (χ0n) is 15.1. The van der Waals surface area contributed by atoms with Gasteiger partial charge in [-0.2, -0.15) is 13.2 Å². The maximum atomic E-state index is 12.7. The second kappa shape index (κ2) is 7.30. The van der Waals surface area contributed by atoms with Crippen molar-refractivity contribution >= 4 is 5.91 Å². The van der Waals surface area contributed by atoms with Crippen molar-refractivity contribution in [2.75, 3.05) is 26.2 Å². The van der Waals surface area contributed by atoms with E-state index in [9.17, 15) is 18.0 Å². The van der Waals surface area contributed by atoms with Crippen molar-refractivity contribution in [2.45, 2.75) is 50.4 Å². The maximum Gasteiger partial charge on any atom is 0.433 e. The van der Waals surface area contributed by atoms with Gasteiger partial charge in [-0.1, -0.05) is 6.07 Å². The molecule has 1 amide bonds. The van der Waals surface area contributed by atoms with E-state index in [1.807, 2.05) is 4.90 Å². The summed E-state index contributed by atoms with van der Waals surface area (Å²) >= 11 is 0. The van der Waals surface area contributed by atoms with Crippen LogP contribution in [-0.4, -0.2) is 59.0 Å². The minimum Gasteiger partial charge on any atom is -0.477 e. The van der Waals surface area contributed by atoms with Crippen molar-refractivity contribution in [2.24, 2.45) is 5.92 Å². The SMILES string of the molecule is O=C1C(N2CCC(COc3cccc(C(F)(F)F)n3)CC2)CCN1C1CC1. The van der Waals surface area contributed by atoms with E-state index in [0.29, 0.717) is 12.6 Å². The van der Waals surface area contributed by atoms with Crippen molar-refractivity contribution < 1.29 is 22.7 Å². The third-order valence-corrected chi connectivity index (χ3v) is 5.77. The van der Waals surface area contributed by atoms with Crippen LogP contribution >= 0.6 is 0 Å². The van der Waals surface area contributed by atoms with E-state index in [1.54, 1.807) is 0 Å². The second-order valence-corrected chi connectivity index (χ2v) is 7.72. The van der Waals surface area contributed by atoms with E-state index >= 15 is 0 Å². The third-order valence-electron chi connectivity index (χ3n) is 5.77. The Bertz CT molecular complexity index is 685. The normalized spacial score (nSPS) is 25.2. The Kier molecular flexibility index (Phi) is 5.01. The van der Waals surface area contributed by atoms with Crippen LogP contribution in [0.2, 0.25) is 0 Å². The van der Waals surface area contributed by atoms with Gasteiger partial charge >= 0.3 is 6.18 Å². The van der Waals surface area contributed by atoms with E-state index < -0.39 is 11.9 Å². The summed E-state index contributed by atoms with van der Waals surface area (Å²) in [6.45, 7) is 2.89. The van der Waals surface area contributed by atoms with Crippen LogP contribution in [0, 0.1) is 5.92 Å². The standard InChI is InChI=1S/C19H24F3N3O2/c20-19(21,22)16-2-1-3-17(23-16)27-12-13-6-9-24(10-7-13)15-8-11-25(18(15)26)14-4-5-14/h1-3,13-15H,4-12H2. The van der Waals surface area contributed by atoms with Gasteiger partial charge < -0.3 is 9.64 Å². The molecule has 4 rings (SSSR count). The first-order valence-electron chi connectivity index (χ1n) is 9.63. The van der Waals surface area contributed by atoms with Gasteiger partial charge in [-0.3, -0.25) is 9.69 Å². The van der Waals surface area contributed by atoms with E-state index in [4.69, 9.17) is 4.74 Å². The van der Waals surface area contributed by atoms with Gasteiger partial charge in [0.2, 0.25) is 11.8 Å². The molecule has 2 saturated heterocycles. The van der Waals surface area contributed by atoms with Gasteiger partial charge in [-0.25, -0.2) is 4.98 Å². The molecule has 0 aromatic carbocycles. The summed E-state index contributed by atoms with van der Waals surface area (Å²) in [7, 11) is 0. The first-order chi connectivity index (χ1) is 12.9. The Balaban J connectivity index is 1.25. The molecule has 1 saturated carbocycles. The van der Waals surface area contributed by atoms with E-state index in [2.05, 4.69) is 9.88 Å². The second-order valence-electron chi connectivity index (χ2n) is 7.72. The molecule has 1 aromatic heterocycles. The Morgan fingerprint density at radius 3 is 2.48 bits per heavy atom. The van der Waals surface area contributed by atoms with Crippen LogP contribution in [0.1, 0.15) is 37.8 Å². The van der Waals surface area contributed by atoms with Gasteiger partial charge in [0, 0.05) is 18.7 Å². The predicted octanol–water partition coefficient (Wildman–Crippen LogP) is 2.95.